The molecule has 2 N–H and O–H groups in total. The Hall–Kier alpha value is -3.09. The molecule has 2 aromatic heterocycles. The van der Waals surface area contributed by atoms with Crippen molar-refractivity contribution in [3.63, 3.8) is 0 Å². The molecule has 0 aliphatic carbocycles. The second-order valence-corrected chi connectivity index (χ2v) is 6.11. The van der Waals surface area contributed by atoms with E-state index in [1.54, 1.807) is 23.3 Å². The number of urea groups is 1. The Kier molecular flexibility index (Phi) is 4.20. The molecule has 1 aliphatic rings. The zero-order valence-corrected chi connectivity index (χ0v) is 13.8. The first kappa shape index (κ1) is 15.4. The van der Waals surface area contributed by atoms with Crippen molar-refractivity contribution < 1.29 is 4.79 Å². The quantitative estimate of drug-likeness (QED) is 0.770. The van der Waals surface area contributed by atoms with Gasteiger partial charge < -0.3 is 15.2 Å². The molecule has 0 spiro atoms. The third-order valence-electron chi connectivity index (χ3n) is 4.47. The first-order valence-corrected chi connectivity index (χ1v) is 8.48. The molecule has 7 nitrogen and oxygen atoms in total. The Labute approximate surface area is 145 Å². The van der Waals surface area contributed by atoms with Gasteiger partial charge in [-0.1, -0.05) is 6.07 Å². The topological polar surface area (TPSA) is 78.8 Å². The van der Waals surface area contributed by atoms with Crippen LogP contribution in [0.3, 0.4) is 0 Å². The summed E-state index contributed by atoms with van der Waals surface area (Å²) in [5.41, 5.74) is 1.66. The van der Waals surface area contributed by atoms with Crippen molar-refractivity contribution in [1.82, 2.24) is 24.6 Å². The van der Waals surface area contributed by atoms with Crippen LogP contribution in [0.25, 0.3) is 5.69 Å². The smallest absolute Gasteiger partial charge is 0.322 e. The van der Waals surface area contributed by atoms with Gasteiger partial charge in [0.05, 0.1) is 11.7 Å². The highest BCUT2D eigenvalue weighted by atomic mass is 16.2. The molecule has 2 amide bonds. The zero-order valence-electron chi connectivity index (χ0n) is 13.8. The van der Waals surface area contributed by atoms with E-state index in [0.29, 0.717) is 0 Å². The van der Waals surface area contributed by atoms with E-state index in [-0.39, 0.29) is 12.1 Å². The highest BCUT2D eigenvalue weighted by Crippen LogP contribution is 2.29. The molecule has 25 heavy (non-hydrogen) atoms. The molecule has 1 aliphatic heterocycles. The lowest BCUT2D eigenvalue weighted by atomic mass is 10.0. The third kappa shape index (κ3) is 3.26. The number of aromatic nitrogens is 4. The summed E-state index contributed by atoms with van der Waals surface area (Å²) in [6.07, 6.45) is 10.2. The number of carbonyl (C=O) groups excluding carboxylic acids is 1. The molecule has 1 fully saturated rings. The number of benzene rings is 1. The normalized spacial score (nSPS) is 17.4. The summed E-state index contributed by atoms with van der Waals surface area (Å²) >= 11 is 0. The van der Waals surface area contributed by atoms with Gasteiger partial charge in [-0.15, -0.1) is 0 Å². The fraction of sp³-hybridized carbons (Fsp3) is 0.278. The van der Waals surface area contributed by atoms with Gasteiger partial charge in [-0.2, -0.15) is 5.10 Å². The minimum absolute atomic E-state index is 0.00181. The number of nitrogens with zero attached hydrogens (tertiary/aromatic N) is 4. The van der Waals surface area contributed by atoms with Crippen molar-refractivity contribution in [2.75, 3.05) is 11.9 Å². The number of rotatable bonds is 3. The number of aromatic amines is 1. The maximum atomic E-state index is 12.8. The van der Waals surface area contributed by atoms with Crippen LogP contribution in [0.5, 0.6) is 0 Å². The standard InChI is InChI=1S/C18H20N6O/c25-18(23-11-2-1-7-16(23)17-19-9-10-20-17)22-14-5-3-6-15(13-14)24-12-4-8-21-24/h3-6,8-10,12-13,16H,1-2,7,11H2,(H,19,20)(H,22,25)/t16-/m0/s1. The van der Waals surface area contributed by atoms with Crippen molar-refractivity contribution in [1.29, 1.82) is 0 Å². The molecule has 4 rings (SSSR count). The van der Waals surface area contributed by atoms with Crippen LogP contribution in [0.2, 0.25) is 0 Å². The summed E-state index contributed by atoms with van der Waals surface area (Å²) in [6.45, 7) is 0.732. The number of likely N-dealkylation sites (tertiary alicyclic amines) is 1. The van der Waals surface area contributed by atoms with Gasteiger partial charge in [0.1, 0.15) is 5.82 Å². The van der Waals surface area contributed by atoms with E-state index in [1.165, 1.54) is 0 Å². The van der Waals surface area contributed by atoms with Crippen LogP contribution in [-0.2, 0) is 0 Å². The summed E-state index contributed by atoms with van der Waals surface area (Å²) in [7, 11) is 0. The minimum Gasteiger partial charge on any atom is -0.347 e. The van der Waals surface area contributed by atoms with E-state index in [4.69, 9.17) is 0 Å². The van der Waals surface area contributed by atoms with Gasteiger partial charge in [0, 0.05) is 37.0 Å². The SMILES string of the molecule is O=C(Nc1cccc(-n2cccn2)c1)N1CCCC[C@H]1c1ncc[nH]1. The number of piperidine rings is 1. The highest BCUT2D eigenvalue weighted by molar-refractivity contribution is 5.90. The number of anilines is 1. The Morgan fingerprint density at radius 2 is 2.20 bits per heavy atom. The summed E-state index contributed by atoms with van der Waals surface area (Å²) in [5.74, 6) is 0.847. The van der Waals surface area contributed by atoms with Crippen molar-refractivity contribution in [2.24, 2.45) is 0 Å². The predicted molar refractivity (Wildman–Crippen MR) is 94.5 cm³/mol. The van der Waals surface area contributed by atoms with Crippen molar-refractivity contribution in [3.8, 4) is 5.69 Å². The van der Waals surface area contributed by atoms with Crippen LogP contribution < -0.4 is 5.32 Å². The lowest BCUT2D eigenvalue weighted by Crippen LogP contribution is -2.41. The molecule has 0 unspecified atom stereocenters. The van der Waals surface area contributed by atoms with E-state index in [0.717, 1.165) is 43.0 Å². The van der Waals surface area contributed by atoms with E-state index in [9.17, 15) is 4.79 Å². The number of amides is 2. The molecule has 1 aromatic carbocycles. The average molecular weight is 336 g/mol. The first-order valence-electron chi connectivity index (χ1n) is 8.48. The Morgan fingerprint density at radius 1 is 1.24 bits per heavy atom. The van der Waals surface area contributed by atoms with Gasteiger partial charge >= 0.3 is 6.03 Å². The third-order valence-corrected chi connectivity index (χ3v) is 4.47. The van der Waals surface area contributed by atoms with Gasteiger partial charge in [0.2, 0.25) is 0 Å². The van der Waals surface area contributed by atoms with Gasteiger partial charge in [0.25, 0.3) is 0 Å². The maximum absolute atomic E-state index is 12.8. The van der Waals surface area contributed by atoms with Crippen LogP contribution in [-0.4, -0.2) is 37.2 Å². The maximum Gasteiger partial charge on any atom is 0.322 e. The Bertz CT molecular complexity index is 827. The Morgan fingerprint density at radius 3 is 3.00 bits per heavy atom. The molecule has 1 atom stereocenters. The molecule has 1 saturated heterocycles. The average Bonchev–Trinajstić information content (AvgIpc) is 3.36. The summed E-state index contributed by atoms with van der Waals surface area (Å²) in [5, 5.41) is 7.23. The Balaban J connectivity index is 1.52. The zero-order chi connectivity index (χ0) is 17.1. The fourth-order valence-electron chi connectivity index (χ4n) is 3.26. The van der Waals surface area contributed by atoms with Crippen molar-refractivity contribution in [2.45, 2.75) is 25.3 Å². The van der Waals surface area contributed by atoms with Gasteiger partial charge in [0.15, 0.2) is 0 Å². The monoisotopic (exact) mass is 336 g/mol. The van der Waals surface area contributed by atoms with Crippen LogP contribution in [0.1, 0.15) is 31.1 Å². The predicted octanol–water partition coefficient (Wildman–Crippen LogP) is 3.35. The number of H-pyrrole nitrogens is 1. The van der Waals surface area contributed by atoms with Gasteiger partial charge in [-0.25, -0.2) is 14.5 Å². The number of nitrogens with one attached hydrogen (secondary N) is 2. The van der Waals surface area contributed by atoms with E-state index < -0.39 is 0 Å². The first-order chi connectivity index (χ1) is 12.3. The second kappa shape index (κ2) is 6.80. The van der Waals surface area contributed by atoms with Gasteiger partial charge in [-0.05, 0) is 43.5 Å². The number of hydrogen-bond donors (Lipinski definition) is 2. The summed E-state index contributed by atoms with van der Waals surface area (Å²) < 4.78 is 1.77. The molecule has 128 valence electrons. The lowest BCUT2D eigenvalue weighted by molar-refractivity contribution is 0.160. The molecular formula is C18H20N6O. The fourth-order valence-corrected chi connectivity index (χ4v) is 3.26. The number of imidazole rings is 1. The molecule has 3 aromatic rings. The van der Waals surface area contributed by atoms with Gasteiger partial charge in [-0.3, -0.25) is 0 Å². The second-order valence-electron chi connectivity index (χ2n) is 6.11. The lowest BCUT2D eigenvalue weighted by Gasteiger charge is -2.34. The van der Waals surface area contributed by atoms with E-state index in [1.807, 2.05) is 41.4 Å². The number of hydrogen-bond acceptors (Lipinski definition) is 3. The molecule has 7 heteroatoms. The van der Waals surface area contributed by atoms with E-state index >= 15 is 0 Å². The molecular weight excluding hydrogens is 316 g/mol. The van der Waals surface area contributed by atoms with Crippen molar-refractivity contribution >= 4 is 11.7 Å². The van der Waals surface area contributed by atoms with Crippen LogP contribution in [0.15, 0.2) is 55.1 Å². The van der Waals surface area contributed by atoms with Crippen LogP contribution in [0.4, 0.5) is 10.5 Å². The molecule has 0 saturated carbocycles. The molecule has 3 heterocycles. The summed E-state index contributed by atoms with van der Waals surface area (Å²) in [6, 6.07) is 9.43. The van der Waals surface area contributed by atoms with E-state index in [2.05, 4.69) is 20.4 Å². The number of carbonyl (C=O) groups is 1. The van der Waals surface area contributed by atoms with Crippen LogP contribution >= 0.6 is 0 Å². The largest absolute Gasteiger partial charge is 0.347 e. The minimum atomic E-state index is -0.0984. The highest BCUT2D eigenvalue weighted by Gasteiger charge is 2.29. The molecule has 0 bridgehead atoms. The van der Waals surface area contributed by atoms with Crippen LogP contribution in [0, 0.1) is 0 Å². The summed E-state index contributed by atoms with van der Waals surface area (Å²) in [4.78, 5) is 22.2. The molecule has 0 radical (unpaired) electrons. The van der Waals surface area contributed by atoms with Crippen molar-refractivity contribution in [3.05, 3.63) is 60.9 Å².